The molecule has 2 aromatic heterocycles. The molecule has 0 amide bonds. The van der Waals surface area contributed by atoms with E-state index in [1.54, 1.807) is 19.4 Å². The fraction of sp³-hybridized carbons (Fsp3) is 0.182. The number of aryl methyl sites for hydroxylation is 1. The Morgan fingerprint density at radius 3 is 2.84 bits per heavy atom. The summed E-state index contributed by atoms with van der Waals surface area (Å²) in [5.74, 6) is -0.262. The van der Waals surface area contributed by atoms with Gasteiger partial charge in [-0.2, -0.15) is 10.4 Å². The van der Waals surface area contributed by atoms with E-state index >= 15 is 4.39 Å². The molecule has 9 heteroatoms. The Bertz CT molecular complexity index is 1390. The maximum atomic E-state index is 15.3. The standard InChI is InChI=1S/C22H16ClFN6O/c1-30-21(19-14(8-25)18(31-13-4-5-13)7-16(23)20(19)24)15(10-28-30)11-2-3-12-9-27-22(26)29-17(12)6-11/h2-3,6-7,9-10,13H,4-5H2,1H3,(H2,26,27,29). The molecule has 0 bridgehead atoms. The van der Waals surface area contributed by atoms with Crippen molar-refractivity contribution in [2.24, 2.45) is 7.05 Å². The van der Waals surface area contributed by atoms with Crippen LogP contribution in [0.3, 0.4) is 0 Å². The van der Waals surface area contributed by atoms with Crippen molar-refractivity contribution in [1.82, 2.24) is 19.7 Å². The number of nitriles is 1. The van der Waals surface area contributed by atoms with Crippen LogP contribution in [0.4, 0.5) is 10.3 Å². The van der Waals surface area contributed by atoms with Crippen LogP contribution in [0.15, 0.2) is 36.7 Å². The zero-order valence-corrected chi connectivity index (χ0v) is 17.2. The molecule has 0 unspecified atom stereocenters. The number of nitrogen functional groups attached to an aromatic ring is 1. The first-order valence-corrected chi connectivity index (χ1v) is 9.98. The van der Waals surface area contributed by atoms with Gasteiger partial charge in [0.15, 0.2) is 5.82 Å². The Balaban J connectivity index is 1.74. The summed E-state index contributed by atoms with van der Waals surface area (Å²) in [6.07, 6.45) is 5.07. The molecule has 0 atom stereocenters. The fourth-order valence-corrected chi connectivity index (χ4v) is 3.74. The SMILES string of the molecule is Cn1ncc(-c2ccc3cnc(N)nc3c2)c1-c1c(F)c(Cl)cc(OC2CC2)c1C#N. The van der Waals surface area contributed by atoms with Crippen molar-refractivity contribution in [3.05, 3.63) is 53.1 Å². The Morgan fingerprint density at radius 1 is 1.29 bits per heavy atom. The first-order valence-electron chi connectivity index (χ1n) is 9.60. The van der Waals surface area contributed by atoms with Gasteiger partial charge in [0.25, 0.3) is 0 Å². The molecule has 0 spiro atoms. The van der Waals surface area contributed by atoms with Crippen LogP contribution >= 0.6 is 11.6 Å². The largest absolute Gasteiger partial charge is 0.489 e. The Morgan fingerprint density at radius 2 is 2.10 bits per heavy atom. The Hall–Kier alpha value is -3.70. The zero-order chi connectivity index (χ0) is 21.7. The average Bonchev–Trinajstić information content (AvgIpc) is 3.49. The summed E-state index contributed by atoms with van der Waals surface area (Å²) in [7, 11) is 1.68. The van der Waals surface area contributed by atoms with Crippen molar-refractivity contribution >= 4 is 28.5 Å². The third kappa shape index (κ3) is 3.33. The van der Waals surface area contributed by atoms with Gasteiger partial charge in [0, 0.05) is 30.3 Å². The summed E-state index contributed by atoms with van der Waals surface area (Å²) >= 11 is 6.19. The summed E-state index contributed by atoms with van der Waals surface area (Å²) in [5, 5.41) is 14.9. The Kier molecular flexibility index (Phi) is 4.49. The molecule has 1 saturated carbocycles. The molecular formula is C22H16ClFN6O. The second-order valence-electron chi connectivity index (χ2n) is 7.38. The van der Waals surface area contributed by atoms with E-state index in [2.05, 4.69) is 21.1 Å². The van der Waals surface area contributed by atoms with E-state index in [0.717, 1.165) is 23.8 Å². The van der Waals surface area contributed by atoms with Crippen LogP contribution in [0.2, 0.25) is 5.02 Å². The minimum atomic E-state index is -0.696. The highest BCUT2D eigenvalue weighted by molar-refractivity contribution is 6.31. The second-order valence-corrected chi connectivity index (χ2v) is 7.79. The van der Waals surface area contributed by atoms with Crippen molar-refractivity contribution < 1.29 is 9.13 Å². The number of nitrogens with zero attached hydrogens (tertiary/aromatic N) is 5. The molecule has 0 aliphatic heterocycles. The maximum absolute atomic E-state index is 15.3. The molecule has 0 radical (unpaired) electrons. The highest BCUT2D eigenvalue weighted by Gasteiger charge is 2.29. The number of benzene rings is 2. The zero-order valence-electron chi connectivity index (χ0n) is 16.4. The summed E-state index contributed by atoms with van der Waals surface area (Å²) in [4.78, 5) is 8.26. The molecule has 2 N–H and O–H groups in total. The Labute approximate surface area is 181 Å². The molecule has 7 nitrogen and oxygen atoms in total. The number of halogens is 2. The van der Waals surface area contributed by atoms with Gasteiger partial charge in [-0.1, -0.05) is 23.7 Å². The first kappa shape index (κ1) is 19.3. The van der Waals surface area contributed by atoms with Crippen LogP contribution < -0.4 is 10.5 Å². The van der Waals surface area contributed by atoms with E-state index in [-0.39, 0.29) is 34.0 Å². The van der Waals surface area contributed by atoms with Crippen molar-refractivity contribution in [3.8, 4) is 34.2 Å². The molecule has 5 rings (SSSR count). The molecular weight excluding hydrogens is 419 g/mol. The average molecular weight is 435 g/mol. The van der Waals surface area contributed by atoms with E-state index in [1.165, 1.54) is 10.7 Å². The molecule has 154 valence electrons. The fourth-order valence-electron chi connectivity index (χ4n) is 3.55. The van der Waals surface area contributed by atoms with Crippen molar-refractivity contribution in [1.29, 1.82) is 5.26 Å². The van der Waals surface area contributed by atoms with Crippen LogP contribution in [-0.2, 0) is 7.05 Å². The summed E-state index contributed by atoms with van der Waals surface area (Å²) in [6.45, 7) is 0. The molecule has 2 aromatic carbocycles. The molecule has 1 aliphatic carbocycles. The lowest BCUT2D eigenvalue weighted by Gasteiger charge is -2.15. The van der Waals surface area contributed by atoms with E-state index in [1.807, 2.05) is 18.2 Å². The number of rotatable bonds is 4. The highest BCUT2D eigenvalue weighted by Crippen LogP contribution is 2.42. The molecule has 31 heavy (non-hydrogen) atoms. The maximum Gasteiger partial charge on any atom is 0.220 e. The number of hydrogen-bond acceptors (Lipinski definition) is 6. The lowest BCUT2D eigenvalue weighted by molar-refractivity contribution is 0.302. The lowest BCUT2D eigenvalue weighted by Crippen LogP contribution is -2.04. The van der Waals surface area contributed by atoms with Crippen molar-refractivity contribution in [2.75, 3.05) is 5.73 Å². The molecule has 4 aromatic rings. The lowest BCUT2D eigenvalue weighted by atomic mass is 9.96. The van der Waals surface area contributed by atoms with Crippen LogP contribution in [0, 0.1) is 17.1 Å². The van der Waals surface area contributed by atoms with Crippen LogP contribution in [0.1, 0.15) is 18.4 Å². The smallest absolute Gasteiger partial charge is 0.220 e. The van der Waals surface area contributed by atoms with Gasteiger partial charge < -0.3 is 10.5 Å². The number of nitrogens with two attached hydrogens (primary N) is 1. The van der Waals surface area contributed by atoms with E-state index in [0.29, 0.717) is 16.8 Å². The van der Waals surface area contributed by atoms with E-state index in [9.17, 15) is 5.26 Å². The van der Waals surface area contributed by atoms with Gasteiger partial charge in [0.2, 0.25) is 5.95 Å². The normalized spacial score (nSPS) is 13.4. The first-order chi connectivity index (χ1) is 15.0. The second kappa shape index (κ2) is 7.22. The van der Waals surface area contributed by atoms with Crippen LogP contribution in [-0.4, -0.2) is 25.9 Å². The molecule has 0 saturated heterocycles. The topological polar surface area (TPSA) is 103 Å². The number of ether oxygens (including phenoxy) is 1. The van der Waals surface area contributed by atoms with Crippen LogP contribution in [0.25, 0.3) is 33.3 Å². The number of fused-ring (bicyclic) bond motifs is 1. The third-order valence-corrected chi connectivity index (χ3v) is 5.48. The quantitative estimate of drug-likeness (QED) is 0.507. The van der Waals surface area contributed by atoms with Crippen LogP contribution in [0.5, 0.6) is 5.75 Å². The van der Waals surface area contributed by atoms with Gasteiger partial charge in [-0.25, -0.2) is 14.4 Å². The predicted octanol–water partition coefficient (Wildman–Crippen LogP) is 4.48. The van der Waals surface area contributed by atoms with Gasteiger partial charge in [-0.15, -0.1) is 0 Å². The number of anilines is 1. The third-order valence-electron chi connectivity index (χ3n) is 5.20. The van der Waals surface area contributed by atoms with Crippen molar-refractivity contribution in [2.45, 2.75) is 18.9 Å². The minimum Gasteiger partial charge on any atom is -0.489 e. The summed E-state index contributed by atoms with van der Waals surface area (Å²) < 4.78 is 22.7. The van der Waals surface area contributed by atoms with E-state index in [4.69, 9.17) is 22.1 Å². The summed E-state index contributed by atoms with van der Waals surface area (Å²) in [5.41, 5.74) is 8.29. The molecule has 1 fully saturated rings. The predicted molar refractivity (Wildman–Crippen MR) is 115 cm³/mol. The van der Waals surface area contributed by atoms with Gasteiger partial charge in [-0.3, -0.25) is 4.68 Å². The summed E-state index contributed by atoms with van der Waals surface area (Å²) in [6, 6.07) is 8.99. The molecule has 1 aliphatic rings. The minimum absolute atomic E-state index is 0.0260. The number of aromatic nitrogens is 4. The number of hydrogen-bond donors (Lipinski definition) is 1. The van der Waals surface area contributed by atoms with Gasteiger partial charge >= 0.3 is 0 Å². The van der Waals surface area contributed by atoms with Gasteiger partial charge in [-0.05, 0) is 24.5 Å². The van der Waals surface area contributed by atoms with Crippen molar-refractivity contribution in [3.63, 3.8) is 0 Å². The van der Waals surface area contributed by atoms with Gasteiger partial charge in [0.1, 0.15) is 17.4 Å². The monoisotopic (exact) mass is 434 g/mol. The highest BCUT2D eigenvalue weighted by atomic mass is 35.5. The molecule has 2 heterocycles. The van der Waals surface area contributed by atoms with E-state index < -0.39 is 5.82 Å². The van der Waals surface area contributed by atoms with Gasteiger partial charge in [0.05, 0.1) is 34.1 Å².